The van der Waals surface area contributed by atoms with E-state index in [1.807, 2.05) is 0 Å². The summed E-state index contributed by atoms with van der Waals surface area (Å²) < 4.78 is 10.7. The van der Waals surface area contributed by atoms with Crippen LogP contribution in [0, 0.1) is 11.8 Å². The highest BCUT2D eigenvalue weighted by Crippen LogP contribution is 2.22. The van der Waals surface area contributed by atoms with Crippen molar-refractivity contribution < 1.29 is 8.94 Å². The highest BCUT2D eigenvalue weighted by atomic mass is 16.5. The molecule has 2 aromatic rings. The Morgan fingerprint density at radius 2 is 2.20 bits per heavy atom. The fourth-order valence-corrected chi connectivity index (χ4v) is 2.55. The van der Waals surface area contributed by atoms with Crippen molar-refractivity contribution in [3.8, 4) is 11.5 Å². The van der Waals surface area contributed by atoms with Crippen LogP contribution in [0.25, 0.3) is 11.5 Å². The van der Waals surface area contributed by atoms with E-state index in [2.05, 4.69) is 34.3 Å². The molecular formula is C14H20N4O2. The molecule has 0 aromatic carbocycles. The third-order valence-electron chi connectivity index (χ3n) is 3.83. The molecule has 1 fully saturated rings. The molecule has 3 rings (SSSR count). The molecule has 0 unspecified atom stereocenters. The predicted octanol–water partition coefficient (Wildman–Crippen LogP) is 2.08. The van der Waals surface area contributed by atoms with E-state index in [1.165, 1.54) is 0 Å². The zero-order chi connectivity index (χ0) is 13.9. The molecule has 2 atom stereocenters. The number of nitrogens with one attached hydrogen (secondary N) is 1. The first-order chi connectivity index (χ1) is 9.76. The van der Waals surface area contributed by atoms with Gasteiger partial charge in [-0.15, -0.1) is 0 Å². The topological polar surface area (TPSA) is 77.0 Å². The average Bonchev–Trinajstić information content (AvgIpc) is 3.13. The van der Waals surface area contributed by atoms with Gasteiger partial charge in [0.25, 0.3) is 0 Å². The normalized spacial score (nSPS) is 22.5. The Kier molecular flexibility index (Phi) is 3.82. The van der Waals surface area contributed by atoms with E-state index in [-0.39, 0.29) is 0 Å². The third-order valence-corrected chi connectivity index (χ3v) is 3.83. The van der Waals surface area contributed by atoms with E-state index in [4.69, 9.17) is 8.94 Å². The molecule has 1 aliphatic rings. The molecule has 0 amide bonds. The second kappa shape index (κ2) is 5.75. The van der Waals surface area contributed by atoms with Crippen LogP contribution in [0.1, 0.15) is 32.0 Å². The third kappa shape index (κ3) is 2.75. The second-order valence-corrected chi connectivity index (χ2v) is 5.49. The van der Waals surface area contributed by atoms with E-state index >= 15 is 0 Å². The lowest BCUT2D eigenvalue weighted by atomic mass is 9.95. The van der Waals surface area contributed by atoms with Crippen LogP contribution in [0.15, 0.2) is 15.2 Å². The first-order valence-electron chi connectivity index (χ1n) is 7.24. The molecule has 1 N–H and O–H groups in total. The van der Waals surface area contributed by atoms with E-state index < -0.39 is 0 Å². The maximum atomic E-state index is 5.38. The highest BCUT2D eigenvalue weighted by Gasteiger charge is 2.25. The number of hydrogen-bond donors (Lipinski definition) is 1. The summed E-state index contributed by atoms with van der Waals surface area (Å²) >= 11 is 0. The first kappa shape index (κ1) is 13.3. The molecule has 108 valence electrons. The average molecular weight is 276 g/mol. The van der Waals surface area contributed by atoms with E-state index in [9.17, 15) is 0 Å². The van der Waals surface area contributed by atoms with Crippen molar-refractivity contribution in [3.63, 3.8) is 0 Å². The number of oxazole rings is 1. The molecule has 20 heavy (non-hydrogen) atoms. The maximum Gasteiger partial charge on any atom is 0.227 e. The molecule has 0 spiro atoms. The largest absolute Gasteiger partial charge is 0.448 e. The van der Waals surface area contributed by atoms with E-state index in [0.717, 1.165) is 38.2 Å². The van der Waals surface area contributed by atoms with Crippen LogP contribution in [0.5, 0.6) is 0 Å². The van der Waals surface area contributed by atoms with Crippen molar-refractivity contribution in [1.29, 1.82) is 0 Å². The van der Waals surface area contributed by atoms with Gasteiger partial charge in [-0.05, 0) is 31.3 Å². The van der Waals surface area contributed by atoms with Crippen LogP contribution >= 0.6 is 0 Å². The molecule has 1 aliphatic heterocycles. The van der Waals surface area contributed by atoms with Gasteiger partial charge in [0.1, 0.15) is 12.0 Å². The molecule has 0 aliphatic carbocycles. The Balaban J connectivity index is 1.69. The Labute approximate surface area is 118 Å². The molecular weight excluding hydrogens is 256 g/mol. The quantitative estimate of drug-likeness (QED) is 0.901. The molecule has 6 nitrogen and oxygen atoms in total. The van der Waals surface area contributed by atoms with Crippen molar-refractivity contribution >= 4 is 0 Å². The van der Waals surface area contributed by atoms with Crippen LogP contribution < -0.4 is 5.32 Å². The smallest absolute Gasteiger partial charge is 0.227 e. The van der Waals surface area contributed by atoms with Crippen molar-refractivity contribution in [1.82, 2.24) is 20.4 Å². The van der Waals surface area contributed by atoms with Crippen LogP contribution in [0.2, 0.25) is 0 Å². The number of hydrogen-bond acceptors (Lipinski definition) is 6. The Morgan fingerprint density at radius 3 is 2.95 bits per heavy atom. The van der Waals surface area contributed by atoms with Gasteiger partial charge in [-0.3, -0.25) is 0 Å². The van der Waals surface area contributed by atoms with Gasteiger partial charge in [-0.25, -0.2) is 4.98 Å². The van der Waals surface area contributed by atoms with Gasteiger partial charge in [0, 0.05) is 12.8 Å². The molecule has 0 bridgehead atoms. The molecule has 3 heterocycles. The van der Waals surface area contributed by atoms with Gasteiger partial charge in [0.05, 0.1) is 0 Å². The molecule has 0 saturated carbocycles. The SMILES string of the molecule is CCCc1nc(-c2noc(C[C@@H]3CNC[C@H]3C)n2)co1. The lowest BCUT2D eigenvalue weighted by molar-refractivity contribution is 0.337. The standard InChI is InChI=1S/C14H20N4O2/c1-3-4-12-16-11(8-19-12)14-17-13(20-18-14)5-10-7-15-6-9(10)2/h8-10,15H,3-7H2,1-2H3/t9-,10-/m1/s1. The van der Waals surface area contributed by atoms with Crippen molar-refractivity contribution in [2.24, 2.45) is 11.8 Å². The Morgan fingerprint density at radius 1 is 1.30 bits per heavy atom. The fourth-order valence-electron chi connectivity index (χ4n) is 2.55. The van der Waals surface area contributed by atoms with Crippen LogP contribution in [-0.2, 0) is 12.8 Å². The Hall–Kier alpha value is -1.69. The minimum atomic E-state index is 0.518. The van der Waals surface area contributed by atoms with E-state index in [1.54, 1.807) is 6.26 Å². The lowest BCUT2D eigenvalue weighted by Gasteiger charge is -2.09. The molecule has 0 radical (unpaired) electrons. The minimum absolute atomic E-state index is 0.518. The summed E-state index contributed by atoms with van der Waals surface area (Å²) in [5.74, 6) is 3.14. The zero-order valence-electron chi connectivity index (χ0n) is 11.9. The van der Waals surface area contributed by atoms with Crippen LogP contribution in [0.4, 0.5) is 0 Å². The maximum absolute atomic E-state index is 5.38. The highest BCUT2D eigenvalue weighted by molar-refractivity contribution is 5.45. The Bertz CT molecular complexity index is 563. The summed E-state index contributed by atoms with van der Waals surface area (Å²) in [6.07, 6.45) is 4.25. The number of aryl methyl sites for hydroxylation is 1. The van der Waals surface area contributed by atoms with E-state index in [0.29, 0.717) is 29.2 Å². The van der Waals surface area contributed by atoms with Crippen molar-refractivity contribution in [2.45, 2.75) is 33.1 Å². The minimum Gasteiger partial charge on any atom is -0.448 e. The number of rotatable bonds is 5. The van der Waals surface area contributed by atoms with Crippen molar-refractivity contribution in [3.05, 3.63) is 18.0 Å². The zero-order valence-corrected chi connectivity index (χ0v) is 11.9. The summed E-state index contributed by atoms with van der Waals surface area (Å²) in [6, 6.07) is 0. The summed E-state index contributed by atoms with van der Waals surface area (Å²) in [5, 5.41) is 7.38. The summed E-state index contributed by atoms with van der Waals surface area (Å²) in [4.78, 5) is 8.79. The first-order valence-corrected chi connectivity index (χ1v) is 7.24. The van der Waals surface area contributed by atoms with Crippen LogP contribution in [0.3, 0.4) is 0 Å². The number of aromatic nitrogens is 3. The van der Waals surface area contributed by atoms with Gasteiger partial charge < -0.3 is 14.3 Å². The van der Waals surface area contributed by atoms with Gasteiger partial charge in [0.15, 0.2) is 5.89 Å². The predicted molar refractivity (Wildman–Crippen MR) is 73.0 cm³/mol. The number of nitrogens with zero attached hydrogens (tertiary/aromatic N) is 3. The van der Waals surface area contributed by atoms with Gasteiger partial charge in [0.2, 0.25) is 11.7 Å². The van der Waals surface area contributed by atoms with Gasteiger partial charge in [-0.1, -0.05) is 19.0 Å². The lowest BCUT2D eigenvalue weighted by Crippen LogP contribution is -2.13. The summed E-state index contributed by atoms with van der Waals surface area (Å²) in [7, 11) is 0. The fraction of sp³-hybridized carbons (Fsp3) is 0.643. The van der Waals surface area contributed by atoms with Crippen molar-refractivity contribution in [2.75, 3.05) is 13.1 Å². The second-order valence-electron chi connectivity index (χ2n) is 5.49. The summed E-state index contributed by atoms with van der Waals surface area (Å²) in [5.41, 5.74) is 0.654. The summed E-state index contributed by atoms with van der Waals surface area (Å²) in [6.45, 7) is 6.42. The van der Waals surface area contributed by atoms with Gasteiger partial charge in [-0.2, -0.15) is 4.98 Å². The molecule has 2 aromatic heterocycles. The molecule has 6 heteroatoms. The molecule has 1 saturated heterocycles. The monoisotopic (exact) mass is 276 g/mol. The van der Waals surface area contributed by atoms with Crippen LogP contribution in [-0.4, -0.2) is 28.2 Å². The van der Waals surface area contributed by atoms with Gasteiger partial charge >= 0.3 is 0 Å².